The van der Waals surface area contributed by atoms with Gasteiger partial charge in [0.2, 0.25) is 0 Å². The normalized spacial score (nSPS) is 19.9. The predicted molar refractivity (Wildman–Crippen MR) is 92.4 cm³/mol. The monoisotopic (exact) mass is 361 g/mol. The van der Waals surface area contributed by atoms with Crippen LogP contribution in [0.4, 0.5) is 4.39 Å². The zero-order valence-electron chi connectivity index (χ0n) is 13.6. The number of rotatable bonds is 3. The molecule has 0 aliphatic carbocycles. The summed E-state index contributed by atoms with van der Waals surface area (Å²) < 4.78 is 13.7. The number of halogens is 2. The molecule has 25 heavy (non-hydrogen) atoms. The first-order valence-electron chi connectivity index (χ1n) is 7.90. The molecule has 4 nitrogen and oxygen atoms in total. The second-order valence-corrected chi connectivity index (χ2v) is 6.71. The highest BCUT2D eigenvalue weighted by molar-refractivity contribution is 6.30. The van der Waals surface area contributed by atoms with E-state index in [1.54, 1.807) is 43.3 Å². The number of carboxylic acids is 1. The maximum absolute atomic E-state index is 13.7. The third-order valence-corrected chi connectivity index (χ3v) is 4.89. The summed E-state index contributed by atoms with van der Waals surface area (Å²) in [5.74, 6) is -2.80. The van der Waals surface area contributed by atoms with Crippen molar-refractivity contribution in [3.63, 3.8) is 0 Å². The van der Waals surface area contributed by atoms with Crippen molar-refractivity contribution in [3.8, 4) is 0 Å². The lowest BCUT2D eigenvalue weighted by Gasteiger charge is -2.17. The Bertz CT molecular complexity index is 822. The zero-order valence-corrected chi connectivity index (χ0v) is 14.3. The summed E-state index contributed by atoms with van der Waals surface area (Å²) in [6, 6.07) is 11.3. The Labute approximate surface area is 149 Å². The van der Waals surface area contributed by atoms with Crippen molar-refractivity contribution in [3.05, 3.63) is 70.0 Å². The van der Waals surface area contributed by atoms with Gasteiger partial charge in [-0.25, -0.2) is 4.39 Å². The molecule has 0 radical (unpaired) electrons. The van der Waals surface area contributed by atoms with Crippen molar-refractivity contribution >= 4 is 23.5 Å². The van der Waals surface area contributed by atoms with E-state index in [9.17, 15) is 19.1 Å². The molecule has 1 amide bonds. The Morgan fingerprint density at radius 1 is 1.16 bits per heavy atom. The number of carbonyl (C=O) groups excluding carboxylic acids is 1. The van der Waals surface area contributed by atoms with Crippen molar-refractivity contribution < 1.29 is 19.1 Å². The standard InChI is InChI=1S/C19H17ClFNO3/c1-11-2-3-13(8-17(11)21)18(23)22-9-15(16(10-22)19(24)25)12-4-6-14(20)7-5-12/h2-8,15-16H,9-10H2,1H3,(H,24,25)/t15-,16+/m0/s1. The first-order valence-corrected chi connectivity index (χ1v) is 8.28. The summed E-state index contributed by atoms with van der Waals surface area (Å²) >= 11 is 5.89. The minimum absolute atomic E-state index is 0.0942. The van der Waals surface area contributed by atoms with Gasteiger partial charge < -0.3 is 10.0 Å². The van der Waals surface area contributed by atoms with Gasteiger partial charge in [0.25, 0.3) is 5.91 Å². The number of carboxylic acid groups (broad SMARTS) is 1. The van der Waals surface area contributed by atoms with E-state index in [1.807, 2.05) is 0 Å². The summed E-state index contributed by atoms with van der Waals surface area (Å²) in [4.78, 5) is 25.8. The maximum Gasteiger partial charge on any atom is 0.308 e. The molecule has 1 heterocycles. The fraction of sp³-hybridized carbons (Fsp3) is 0.263. The number of aryl methyl sites for hydroxylation is 1. The van der Waals surface area contributed by atoms with Gasteiger partial charge in [0.05, 0.1) is 5.92 Å². The molecular formula is C19H17ClFNO3. The highest BCUT2D eigenvalue weighted by Gasteiger charge is 2.40. The van der Waals surface area contributed by atoms with Gasteiger partial charge in [0.1, 0.15) is 5.82 Å². The van der Waals surface area contributed by atoms with E-state index in [4.69, 9.17) is 11.6 Å². The van der Waals surface area contributed by atoms with Crippen molar-refractivity contribution in [1.29, 1.82) is 0 Å². The fourth-order valence-corrected chi connectivity index (χ4v) is 3.30. The third kappa shape index (κ3) is 3.51. The van der Waals surface area contributed by atoms with Gasteiger partial charge in [-0.05, 0) is 42.3 Å². The Morgan fingerprint density at radius 2 is 1.84 bits per heavy atom. The molecule has 2 atom stereocenters. The molecular weight excluding hydrogens is 345 g/mol. The molecule has 0 bridgehead atoms. The molecule has 1 N–H and O–H groups in total. The molecule has 3 rings (SSSR count). The van der Waals surface area contributed by atoms with Gasteiger partial charge in [-0.1, -0.05) is 29.8 Å². The minimum atomic E-state index is -0.953. The molecule has 0 saturated carbocycles. The summed E-state index contributed by atoms with van der Waals surface area (Å²) in [6.45, 7) is 1.99. The molecule has 1 aliphatic rings. The number of nitrogens with zero attached hydrogens (tertiary/aromatic N) is 1. The lowest BCUT2D eigenvalue weighted by molar-refractivity contribution is -0.141. The van der Waals surface area contributed by atoms with Crippen molar-refractivity contribution in [1.82, 2.24) is 4.90 Å². The number of benzene rings is 2. The first kappa shape index (κ1) is 17.4. The molecule has 1 saturated heterocycles. The Hall–Kier alpha value is -2.40. The zero-order chi connectivity index (χ0) is 18.1. The molecule has 1 aliphatic heterocycles. The molecule has 2 aromatic rings. The maximum atomic E-state index is 13.7. The molecule has 0 unspecified atom stereocenters. The van der Waals surface area contributed by atoms with Crippen LogP contribution in [0, 0.1) is 18.7 Å². The molecule has 1 fully saturated rings. The highest BCUT2D eigenvalue weighted by atomic mass is 35.5. The third-order valence-electron chi connectivity index (χ3n) is 4.64. The number of amides is 1. The molecule has 2 aromatic carbocycles. The second kappa shape index (κ2) is 6.84. The van der Waals surface area contributed by atoms with Crippen molar-refractivity contribution in [2.75, 3.05) is 13.1 Å². The van der Waals surface area contributed by atoms with Crippen LogP contribution in [0.1, 0.15) is 27.4 Å². The van der Waals surface area contributed by atoms with Gasteiger partial charge in [-0.2, -0.15) is 0 Å². The number of hydrogen-bond donors (Lipinski definition) is 1. The highest BCUT2D eigenvalue weighted by Crippen LogP contribution is 2.34. The molecule has 0 spiro atoms. The van der Waals surface area contributed by atoms with Gasteiger partial charge in [-0.15, -0.1) is 0 Å². The lowest BCUT2D eigenvalue weighted by atomic mass is 9.89. The lowest BCUT2D eigenvalue weighted by Crippen LogP contribution is -2.30. The average Bonchev–Trinajstić information content (AvgIpc) is 3.03. The fourth-order valence-electron chi connectivity index (χ4n) is 3.18. The minimum Gasteiger partial charge on any atom is -0.481 e. The van der Waals surface area contributed by atoms with Gasteiger partial charge >= 0.3 is 5.97 Å². The molecule has 0 aromatic heterocycles. The molecule has 130 valence electrons. The van der Waals surface area contributed by atoms with E-state index in [0.717, 1.165) is 5.56 Å². The summed E-state index contributed by atoms with van der Waals surface area (Å²) in [6.07, 6.45) is 0. The second-order valence-electron chi connectivity index (χ2n) is 6.28. The van der Waals surface area contributed by atoms with Crippen LogP contribution in [-0.4, -0.2) is 35.0 Å². The smallest absolute Gasteiger partial charge is 0.308 e. The van der Waals surface area contributed by atoms with Crippen LogP contribution < -0.4 is 0 Å². The van der Waals surface area contributed by atoms with Crippen molar-refractivity contribution in [2.24, 2.45) is 5.92 Å². The van der Waals surface area contributed by atoms with Crippen LogP contribution in [0.5, 0.6) is 0 Å². The summed E-state index contributed by atoms with van der Waals surface area (Å²) in [5.41, 5.74) is 1.51. The van der Waals surface area contributed by atoms with Crippen molar-refractivity contribution in [2.45, 2.75) is 12.8 Å². The summed E-state index contributed by atoms with van der Waals surface area (Å²) in [7, 11) is 0. The van der Waals surface area contributed by atoms with E-state index in [2.05, 4.69) is 0 Å². The number of carbonyl (C=O) groups is 2. The quantitative estimate of drug-likeness (QED) is 0.906. The van der Waals surface area contributed by atoms with E-state index >= 15 is 0 Å². The van der Waals surface area contributed by atoms with Crippen LogP contribution in [0.15, 0.2) is 42.5 Å². The van der Waals surface area contributed by atoms with Crippen LogP contribution in [0.25, 0.3) is 0 Å². The predicted octanol–water partition coefficient (Wildman–Crippen LogP) is 3.73. The van der Waals surface area contributed by atoms with Gasteiger partial charge in [-0.3, -0.25) is 9.59 Å². The van der Waals surface area contributed by atoms with Crippen LogP contribution in [0.3, 0.4) is 0 Å². The van der Waals surface area contributed by atoms with Crippen LogP contribution in [0.2, 0.25) is 5.02 Å². The average molecular weight is 362 g/mol. The topological polar surface area (TPSA) is 57.6 Å². The summed E-state index contributed by atoms with van der Waals surface area (Å²) in [5, 5.41) is 10.1. The Balaban J connectivity index is 1.86. The number of hydrogen-bond acceptors (Lipinski definition) is 2. The van der Waals surface area contributed by atoms with Gasteiger partial charge in [0.15, 0.2) is 0 Å². The number of likely N-dealkylation sites (tertiary alicyclic amines) is 1. The van der Waals surface area contributed by atoms with E-state index < -0.39 is 17.7 Å². The van der Waals surface area contributed by atoms with Gasteiger partial charge in [0, 0.05) is 29.6 Å². The van der Waals surface area contributed by atoms with Crippen LogP contribution >= 0.6 is 11.6 Å². The molecule has 6 heteroatoms. The van der Waals surface area contributed by atoms with E-state index in [-0.39, 0.29) is 30.5 Å². The number of aliphatic carboxylic acids is 1. The van der Waals surface area contributed by atoms with Crippen LogP contribution in [-0.2, 0) is 4.79 Å². The van der Waals surface area contributed by atoms with E-state index in [0.29, 0.717) is 10.6 Å². The first-order chi connectivity index (χ1) is 11.9. The Morgan fingerprint density at radius 3 is 2.44 bits per heavy atom. The largest absolute Gasteiger partial charge is 0.481 e. The van der Waals surface area contributed by atoms with E-state index in [1.165, 1.54) is 11.0 Å². The SMILES string of the molecule is Cc1ccc(C(=O)N2C[C@@H](C(=O)O)[C@H](c3ccc(Cl)cc3)C2)cc1F. The Kier molecular flexibility index (Phi) is 4.77.